The first kappa shape index (κ1) is 12.3. The van der Waals surface area contributed by atoms with E-state index >= 15 is 0 Å². The van der Waals surface area contributed by atoms with Crippen molar-refractivity contribution in [3.05, 3.63) is 51.3 Å². The molecular formula is C11H10N2O4S. The first-order valence-electron chi connectivity index (χ1n) is 5.00. The van der Waals surface area contributed by atoms with Crippen LogP contribution in [0.4, 0.5) is 0 Å². The molecular weight excluding hydrogens is 256 g/mol. The second-order valence-electron chi connectivity index (χ2n) is 3.78. The lowest BCUT2D eigenvalue weighted by Gasteiger charge is -2.01. The maximum atomic E-state index is 11.5. The van der Waals surface area contributed by atoms with Crippen LogP contribution in [0.5, 0.6) is 0 Å². The van der Waals surface area contributed by atoms with Crippen molar-refractivity contribution < 1.29 is 8.42 Å². The van der Waals surface area contributed by atoms with E-state index in [9.17, 15) is 18.0 Å². The molecule has 0 saturated heterocycles. The molecule has 0 aliphatic rings. The molecule has 0 fully saturated rings. The number of nitrogens with one attached hydrogen (secondary N) is 2. The average molecular weight is 266 g/mol. The predicted octanol–water partition coefficient (Wildman–Crippen LogP) is 0.134. The Kier molecular flexibility index (Phi) is 2.92. The molecule has 0 saturated carbocycles. The van der Waals surface area contributed by atoms with E-state index in [-0.39, 0.29) is 10.5 Å². The van der Waals surface area contributed by atoms with E-state index in [1.807, 2.05) is 0 Å². The molecule has 0 atom stereocenters. The number of H-pyrrole nitrogens is 2. The van der Waals surface area contributed by atoms with Crippen LogP contribution in [0.1, 0.15) is 0 Å². The Bertz CT molecular complexity index is 785. The summed E-state index contributed by atoms with van der Waals surface area (Å²) in [7, 11) is -3.26. The second kappa shape index (κ2) is 4.26. The Labute approximate surface area is 102 Å². The SMILES string of the molecule is CS(=O)(=O)c1ccc(-c2c[nH]c(=O)[nH]c2=O)cc1. The zero-order valence-electron chi connectivity index (χ0n) is 9.43. The monoisotopic (exact) mass is 266 g/mol. The molecule has 94 valence electrons. The van der Waals surface area contributed by atoms with Gasteiger partial charge in [0, 0.05) is 12.5 Å². The van der Waals surface area contributed by atoms with Gasteiger partial charge >= 0.3 is 5.69 Å². The van der Waals surface area contributed by atoms with Gasteiger partial charge < -0.3 is 4.98 Å². The van der Waals surface area contributed by atoms with Crippen molar-refractivity contribution >= 4 is 9.84 Å². The fraction of sp³-hybridized carbons (Fsp3) is 0.0909. The normalized spacial score (nSPS) is 11.4. The topological polar surface area (TPSA) is 99.9 Å². The third-order valence-corrected chi connectivity index (χ3v) is 3.54. The number of hydrogen-bond acceptors (Lipinski definition) is 4. The maximum Gasteiger partial charge on any atom is 0.325 e. The van der Waals surface area contributed by atoms with Crippen LogP contribution >= 0.6 is 0 Å². The molecule has 0 spiro atoms. The molecule has 0 aliphatic heterocycles. The summed E-state index contributed by atoms with van der Waals surface area (Å²) in [5.41, 5.74) is -0.308. The van der Waals surface area contributed by atoms with E-state index in [1.165, 1.54) is 30.5 Å². The van der Waals surface area contributed by atoms with Crippen molar-refractivity contribution in [3.63, 3.8) is 0 Å². The number of sulfone groups is 1. The molecule has 2 N–H and O–H groups in total. The number of aromatic nitrogens is 2. The minimum absolute atomic E-state index is 0.173. The lowest BCUT2D eigenvalue weighted by Crippen LogP contribution is -2.22. The highest BCUT2D eigenvalue weighted by atomic mass is 32.2. The summed E-state index contributed by atoms with van der Waals surface area (Å²) < 4.78 is 22.6. The van der Waals surface area contributed by atoms with Gasteiger partial charge in [0.1, 0.15) is 0 Å². The van der Waals surface area contributed by atoms with Crippen LogP contribution in [-0.4, -0.2) is 24.6 Å². The van der Waals surface area contributed by atoms with Crippen LogP contribution in [0.25, 0.3) is 11.1 Å². The largest absolute Gasteiger partial charge is 0.325 e. The molecule has 0 bridgehead atoms. The predicted molar refractivity (Wildman–Crippen MR) is 66.2 cm³/mol. The number of aromatic amines is 2. The number of benzene rings is 1. The van der Waals surface area contributed by atoms with Gasteiger partial charge in [-0.05, 0) is 17.7 Å². The van der Waals surface area contributed by atoms with E-state index in [0.717, 1.165) is 6.26 Å². The third kappa shape index (κ3) is 2.40. The smallest absolute Gasteiger partial charge is 0.313 e. The summed E-state index contributed by atoms with van der Waals surface area (Å²) in [5, 5.41) is 0. The second-order valence-corrected chi connectivity index (χ2v) is 5.80. The highest BCUT2D eigenvalue weighted by molar-refractivity contribution is 7.90. The van der Waals surface area contributed by atoms with Gasteiger partial charge in [-0.25, -0.2) is 13.2 Å². The first-order valence-corrected chi connectivity index (χ1v) is 6.89. The van der Waals surface area contributed by atoms with Crippen LogP contribution in [-0.2, 0) is 9.84 Å². The van der Waals surface area contributed by atoms with Gasteiger partial charge in [0.2, 0.25) is 0 Å². The molecule has 7 heteroatoms. The van der Waals surface area contributed by atoms with Crippen molar-refractivity contribution in [1.82, 2.24) is 9.97 Å². The van der Waals surface area contributed by atoms with Gasteiger partial charge in [-0.3, -0.25) is 9.78 Å². The van der Waals surface area contributed by atoms with Crippen molar-refractivity contribution in [3.8, 4) is 11.1 Å². The van der Waals surface area contributed by atoms with E-state index in [4.69, 9.17) is 0 Å². The highest BCUT2D eigenvalue weighted by Crippen LogP contribution is 2.17. The molecule has 1 aromatic carbocycles. The summed E-state index contributed by atoms with van der Waals surface area (Å²) in [5.74, 6) is 0. The summed E-state index contributed by atoms with van der Waals surface area (Å²) >= 11 is 0. The Morgan fingerprint density at radius 2 is 1.67 bits per heavy atom. The molecule has 18 heavy (non-hydrogen) atoms. The quantitative estimate of drug-likeness (QED) is 0.807. The van der Waals surface area contributed by atoms with Gasteiger partial charge in [0.15, 0.2) is 9.84 Å². The maximum absolute atomic E-state index is 11.5. The Morgan fingerprint density at radius 1 is 1.06 bits per heavy atom. The van der Waals surface area contributed by atoms with Crippen LogP contribution in [0, 0.1) is 0 Å². The first-order chi connectivity index (χ1) is 8.38. The minimum Gasteiger partial charge on any atom is -0.313 e. The van der Waals surface area contributed by atoms with Crippen molar-refractivity contribution in [1.29, 1.82) is 0 Å². The molecule has 0 unspecified atom stereocenters. The fourth-order valence-corrected chi connectivity index (χ4v) is 2.14. The van der Waals surface area contributed by atoms with Crippen LogP contribution in [0.3, 0.4) is 0 Å². The van der Waals surface area contributed by atoms with E-state index in [2.05, 4.69) is 9.97 Å². The van der Waals surface area contributed by atoms with Gasteiger partial charge in [-0.15, -0.1) is 0 Å². The van der Waals surface area contributed by atoms with Crippen LogP contribution in [0.2, 0.25) is 0 Å². The Hall–Kier alpha value is -2.15. The average Bonchev–Trinajstić information content (AvgIpc) is 2.28. The van der Waals surface area contributed by atoms with E-state index < -0.39 is 21.1 Å². The summed E-state index contributed by atoms with van der Waals surface area (Å²) in [6.07, 6.45) is 2.39. The third-order valence-electron chi connectivity index (χ3n) is 2.41. The molecule has 2 aromatic rings. The Morgan fingerprint density at radius 3 is 2.17 bits per heavy atom. The van der Waals surface area contributed by atoms with Gasteiger partial charge in [0.25, 0.3) is 5.56 Å². The number of rotatable bonds is 2. The zero-order chi connectivity index (χ0) is 13.3. The minimum atomic E-state index is -3.26. The lowest BCUT2D eigenvalue weighted by molar-refractivity contribution is 0.602. The molecule has 0 amide bonds. The van der Waals surface area contributed by atoms with Gasteiger partial charge in [0.05, 0.1) is 10.5 Å². The molecule has 0 aliphatic carbocycles. The highest BCUT2D eigenvalue weighted by Gasteiger charge is 2.08. The standard InChI is InChI=1S/C11H10N2O4S/c1-18(16,17)8-4-2-7(3-5-8)9-6-12-11(15)13-10(9)14/h2-6H,1H3,(H2,12,13,14,15). The molecule has 1 aromatic heterocycles. The Balaban J connectivity index is 2.54. The van der Waals surface area contributed by atoms with E-state index in [0.29, 0.717) is 5.56 Å². The number of hydrogen-bond donors (Lipinski definition) is 2. The lowest BCUT2D eigenvalue weighted by atomic mass is 10.1. The van der Waals surface area contributed by atoms with Crippen molar-refractivity contribution in [2.75, 3.05) is 6.26 Å². The summed E-state index contributed by atoms with van der Waals surface area (Å²) in [6.45, 7) is 0. The summed E-state index contributed by atoms with van der Waals surface area (Å²) in [6, 6.07) is 5.85. The van der Waals surface area contributed by atoms with Crippen molar-refractivity contribution in [2.24, 2.45) is 0 Å². The molecule has 6 nitrogen and oxygen atoms in total. The summed E-state index contributed by atoms with van der Waals surface area (Å²) in [4.78, 5) is 27.0. The van der Waals surface area contributed by atoms with E-state index in [1.54, 1.807) is 0 Å². The van der Waals surface area contributed by atoms with Crippen molar-refractivity contribution in [2.45, 2.75) is 4.90 Å². The van der Waals surface area contributed by atoms with Crippen LogP contribution in [0.15, 0.2) is 44.9 Å². The molecule has 2 rings (SSSR count). The van der Waals surface area contributed by atoms with Crippen LogP contribution < -0.4 is 11.2 Å². The molecule has 1 heterocycles. The van der Waals surface area contributed by atoms with Gasteiger partial charge in [-0.2, -0.15) is 0 Å². The molecule has 0 radical (unpaired) electrons. The zero-order valence-corrected chi connectivity index (χ0v) is 10.2. The van der Waals surface area contributed by atoms with Gasteiger partial charge in [-0.1, -0.05) is 12.1 Å². The fourth-order valence-electron chi connectivity index (χ4n) is 1.51.